The summed E-state index contributed by atoms with van der Waals surface area (Å²) in [6.07, 6.45) is 0. The molecule has 4 N–H and O–H groups in total. The van der Waals surface area contributed by atoms with Crippen molar-refractivity contribution >= 4 is 21.6 Å². The highest BCUT2D eigenvalue weighted by atomic mass is 32.2. The summed E-state index contributed by atoms with van der Waals surface area (Å²) in [6.45, 7) is 4.80. The Balaban J connectivity index is 2.48. The zero-order chi connectivity index (χ0) is 14.5. The lowest BCUT2D eigenvalue weighted by molar-refractivity contribution is -0.119. The van der Waals surface area contributed by atoms with Crippen LogP contribution in [0.2, 0.25) is 0 Å². The van der Waals surface area contributed by atoms with E-state index in [1.807, 2.05) is 13.8 Å². The molecule has 19 heavy (non-hydrogen) atoms. The van der Waals surface area contributed by atoms with Crippen LogP contribution in [-0.2, 0) is 14.8 Å². The van der Waals surface area contributed by atoms with Crippen LogP contribution in [0.25, 0.3) is 0 Å². The molecule has 106 valence electrons. The Bertz CT molecular complexity index is 524. The van der Waals surface area contributed by atoms with E-state index in [1.165, 1.54) is 12.1 Å². The highest BCUT2D eigenvalue weighted by Gasteiger charge is 2.07. The second kappa shape index (κ2) is 6.53. The molecule has 0 fully saturated rings. The second-order valence-electron chi connectivity index (χ2n) is 4.62. The predicted octanol–water partition coefficient (Wildman–Crippen LogP) is 0.518. The maximum Gasteiger partial charge on any atom is 0.239 e. The van der Waals surface area contributed by atoms with Crippen LogP contribution in [-0.4, -0.2) is 27.4 Å². The van der Waals surface area contributed by atoms with Gasteiger partial charge >= 0.3 is 0 Å². The molecule has 1 rings (SSSR count). The number of hydrogen-bond donors (Lipinski definition) is 3. The molecule has 0 saturated heterocycles. The summed E-state index contributed by atoms with van der Waals surface area (Å²) in [6, 6.07) is 5.91. The van der Waals surface area contributed by atoms with Gasteiger partial charge in [0.2, 0.25) is 15.9 Å². The zero-order valence-electron chi connectivity index (χ0n) is 11.0. The summed E-state index contributed by atoms with van der Waals surface area (Å²) >= 11 is 0. The Morgan fingerprint density at radius 3 is 2.32 bits per heavy atom. The van der Waals surface area contributed by atoms with Crippen molar-refractivity contribution in [2.45, 2.75) is 18.7 Å². The number of rotatable bonds is 6. The van der Waals surface area contributed by atoms with Gasteiger partial charge in [-0.15, -0.1) is 0 Å². The first-order chi connectivity index (χ1) is 8.79. The second-order valence-corrected chi connectivity index (χ2v) is 6.18. The summed E-state index contributed by atoms with van der Waals surface area (Å²) in [7, 11) is -3.68. The number of nitrogens with one attached hydrogen (secondary N) is 2. The highest BCUT2D eigenvalue weighted by molar-refractivity contribution is 7.89. The average molecular weight is 285 g/mol. The van der Waals surface area contributed by atoms with Crippen molar-refractivity contribution in [3.8, 4) is 0 Å². The van der Waals surface area contributed by atoms with E-state index in [9.17, 15) is 13.2 Å². The summed E-state index contributed by atoms with van der Waals surface area (Å²) in [5, 5.41) is 10.7. The molecule has 0 unspecified atom stereocenters. The molecule has 1 aromatic rings. The smallest absolute Gasteiger partial charge is 0.239 e. The van der Waals surface area contributed by atoms with Gasteiger partial charge < -0.3 is 10.6 Å². The van der Waals surface area contributed by atoms with Gasteiger partial charge in [-0.1, -0.05) is 13.8 Å². The van der Waals surface area contributed by atoms with Crippen LogP contribution in [0.15, 0.2) is 29.2 Å². The van der Waals surface area contributed by atoms with Crippen molar-refractivity contribution in [2.24, 2.45) is 11.1 Å². The minimum Gasteiger partial charge on any atom is -0.376 e. The number of benzene rings is 1. The summed E-state index contributed by atoms with van der Waals surface area (Å²) in [5.74, 6) is 0.294. The molecular weight excluding hydrogens is 266 g/mol. The average Bonchev–Trinajstić information content (AvgIpc) is 2.33. The fraction of sp³-hybridized carbons (Fsp3) is 0.417. The molecule has 0 aliphatic carbocycles. The molecule has 0 atom stereocenters. The first kappa shape index (κ1) is 15.5. The Morgan fingerprint density at radius 2 is 1.84 bits per heavy atom. The molecule has 1 aromatic carbocycles. The van der Waals surface area contributed by atoms with Crippen molar-refractivity contribution in [2.75, 3.05) is 18.4 Å². The molecule has 6 nitrogen and oxygen atoms in total. The fourth-order valence-corrected chi connectivity index (χ4v) is 1.84. The van der Waals surface area contributed by atoms with Crippen LogP contribution in [0.5, 0.6) is 0 Å². The van der Waals surface area contributed by atoms with Gasteiger partial charge in [-0.05, 0) is 30.2 Å². The SMILES string of the molecule is CC(C)CNC(=O)CNc1ccc(S(N)(=O)=O)cc1. The third-order valence-corrected chi connectivity index (χ3v) is 3.27. The third-order valence-electron chi connectivity index (χ3n) is 2.34. The first-order valence-electron chi connectivity index (χ1n) is 5.92. The highest BCUT2D eigenvalue weighted by Crippen LogP contribution is 2.12. The van der Waals surface area contributed by atoms with E-state index in [4.69, 9.17) is 5.14 Å². The molecule has 1 amide bonds. The largest absolute Gasteiger partial charge is 0.376 e. The number of sulfonamides is 1. The van der Waals surface area contributed by atoms with Crippen LogP contribution in [0.1, 0.15) is 13.8 Å². The Hall–Kier alpha value is -1.60. The minimum absolute atomic E-state index is 0.0438. The van der Waals surface area contributed by atoms with Gasteiger partial charge in [0, 0.05) is 12.2 Å². The van der Waals surface area contributed by atoms with Crippen molar-refractivity contribution < 1.29 is 13.2 Å². The summed E-state index contributed by atoms with van der Waals surface area (Å²) in [5.41, 5.74) is 0.659. The minimum atomic E-state index is -3.68. The van der Waals surface area contributed by atoms with Gasteiger partial charge in [0.1, 0.15) is 0 Å². The lowest BCUT2D eigenvalue weighted by Crippen LogP contribution is -2.32. The van der Waals surface area contributed by atoms with E-state index < -0.39 is 10.0 Å². The molecular formula is C12H19N3O3S. The summed E-state index contributed by atoms with van der Waals surface area (Å²) in [4.78, 5) is 11.5. The zero-order valence-corrected chi connectivity index (χ0v) is 11.8. The van der Waals surface area contributed by atoms with Gasteiger partial charge in [0.15, 0.2) is 0 Å². The van der Waals surface area contributed by atoms with Crippen LogP contribution >= 0.6 is 0 Å². The number of amides is 1. The Labute approximate surface area is 113 Å². The maximum atomic E-state index is 11.5. The van der Waals surface area contributed by atoms with Crippen LogP contribution < -0.4 is 15.8 Å². The van der Waals surface area contributed by atoms with Crippen molar-refractivity contribution in [1.29, 1.82) is 0 Å². The predicted molar refractivity (Wildman–Crippen MR) is 74.2 cm³/mol. The van der Waals surface area contributed by atoms with Gasteiger partial charge in [-0.3, -0.25) is 4.79 Å². The van der Waals surface area contributed by atoms with E-state index in [2.05, 4.69) is 10.6 Å². The van der Waals surface area contributed by atoms with Crippen LogP contribution in [0.3, 0.4) is 0 Å². The van der Waals surface area contributed by atoms with E-state index in [0.29, 0.717) is 18.2 Å². The lowest BCUT2D eigenvalue weighted by Gasteiger charge is -2.09. The number of carbonyl (C=O) groups is 1. The molecule has 7 heteroatoms. The molecule has 0 saturated carbocycles. The van der Waals surface area contributed by atoms with Crippen LogP contribution in [0.4, 0.5) is 5.69 Å². The van der Waals surface area contributed by atoms with E-state index in [1.54, 1.807) is 12.1 Å². The Morgan fingerprint density at radius 1 is 1.26 bits per heavy atom. The summed E-state index contributed by atoms with van der Waals surface area (Å²) < 4.78 is 22.1. The number of hydrogen-bond acceptors (Lipinski definition) is 4. The van der Waals surface area contributed by atoms with Crippen molar-refractivity contribution in [3.05, 3.63) is 24.3 Å². The van der Waals surface area contributed by atoms with Crippen molar-refractivity contribution in [1.82, 2.24) is 5.32 Å². The molecule has 0 heterocycles. The monoisotopic (exact) mass is 285 g/mol. The number of nitrogens with two attached hydrogens (primary N) is 1. The van der Waals surface area contributed by atoms with Gasteiger partial charge in [-0.2, -0.15) is 0 Å². The quantitative estimate of drug-likeness (QED) is 0.709. The van der Waals surface area contributed by atoms with E-state index in [-0.39, 0.29) is 17.3 Å². The fourth-order valence-electron chi connectivity index (χ4n) is 1.33. The van der Waals surface area contributed by atoms with E-state index >= 15 is 0 Å². The van der Waals surface area contributed by atoms with Gasteiger partial charge in [-0.25, -0.2) is 13.6 Å². The lowest BCUT2D eigenvalue weighted by atomic mass is 10.2. The first-order valence-corrected chi connectivity index (χ1v) is 7.47. The molecule has 0 aliphatic heterocycles. The normalized spacial score (nSPS) is 11.4. The molecule has 0 radical (unpaired) electrons. The maximum absolute atomic E-state index is 11.5. The van der Waals surface area contributed by atoms with Gasteiger partial charge in [0.25, 0.3) is 0 Å². The van der Waals surface area contributed by atoms with Gasteiger partial charge in [0.05, 0.1) is 11.4 Å². The molecule has 0 aromatic heterocycles. The standard InChI is InChI=1S/C12H19N3O3S/c1-9(2)7-15-12(16)8-14-10-3-5-11(6-4-10)19(13,17)18/h3-6,9,14H,7-8H2,1-2H3,(H,15,16)(H2,13,17,18). The van der Waals surface area contributed by atoms with E-state index in [0.717, 1.165) is 0 Å². The van der Waals surface area contributed by atoms with Crippen LogP contribution in [0, 0.1) is 5.92 Å². The molecule has 0 bridgehead atoms. The number of anilines is 1. The third kappa shape index (κ3) is 5.71. The number of primary sulfonamides is 1. The number of carbonyl (C=O) groups excluding carboxylic acids is 1. The topological polar surface area (TPSA) is 101 Å². The molecule has 0 aliphatic rings. The van der Waals surface area contributed by atoms with Crippen molar-refractivity contribution in [3.63, 3.8) is 0 Å². The molecule has 0 spiro atoms. The Kier molecular flexibility index (Phi) is 5.31.